The fourth-order valence-corrected chi connectivity index (χ4v) is 2.06. The Labute approximate surface area is 98.5 Å². The molecule has 4 heteroatoms. The number of rotatable bonds is 4. The Hall–Kier alpha value is -2.10. The predicted molar refractivity (Wildman–Crippen MR) is 61.7 cm³/mol. The second kappa shape index (κ2) is 4.41. The van der Waals surface area contributed by atoms with Gasteiger partial charge >= 0.3 is 0 Å². The molecule has 1 unspecified atom stereocenters. The number of hydrogen-bond acceptors (Lipinski definition) is 3. The zero-order valence-electron chi connectivity index (χ0n) is 9.42. The van der Waals surface area contributed by atoms with Crippen LogP contribution in [0.3, 0.4) is 0 Å². The molecule has 0 N–H and O–H groups in total. The quantitative estimate of drug-likeness (QED) is 0.740. The second-order valence-electron chi connectivity index (χ2n) is 3.87. The number of hydrogen-bond donors (Lipinski definition) is 0. The van der Waals surface area contributed by atoms with Crippen molar-refractivity contribution in [3.05, 3.63) is 36.0 Å². The van der Waals surface area contributed by atoms with E-state index in [1.54, 1.807) is 29.8 Å². The van der Waals surface area contributed by atoms with Gasteiger partial charge in [0.25, 0.3) is 0 Å². The number of carboxylic acids is 1. The van der Waals surface area contributed by atoms with Crippen LogP contribution in [0.5, 0.6) is 0 Å². The number of carbonyl (C=O) groups excluding carboxylic acids is 2. The molecule has 0 aliphatic heterocycles. The first-order valence-electron chi connectivity index (χ1n) is 5.44. The summed E-state index contributed by atoms with van der Waals surface area (Å²) >= 11 is 0. The van der Waals surface area contributed by atoms with Gasteiger partial charge in [0.05, 0.1) is 12.0 Å². The first kappa shape index (κ1) is 11.4. The van der Waals surface area contributed by atoms with Crippen molar-refractivity contribution in [2.24, 2.45) is 0 Å². The Bertz CT molecular complexity index is 571. The summed E-state index contributed by atoms with van der Waals surface area (Å²) in [5, 5.41) is 11.8. The van der Waals surface area contributed by atoms with Crippen molar-refractivity contribution in [2.45, 2.75) is 19.4 Å². The molecule has 1 heterocycles. The molecule has 0 aliphatic rings. The van der Waals surface area contributed by atoms with Crippen molar-refractivity contribution in [1.29, 1.82) is 0 Å². The van der Waals surface area contributed by atoms with Crippen LogP contribution in [-0.4, -0.2) is 16.8 Å². The molecule has 0 amide bonds. The maximum Gasteiger partial charge on any atom is 0.152 e. The van der Waals surface area contributed by atoms with E-state index in [2.05, 4.69) is 0 Å². The topological polar surface area (TPSA) is 62.1 Å². The van der Waals surface area contributed by atoms with Crippen molar-refractivity contribution in [3.63, 3.8) is 0 Å². The minimum absolute atomic E-state index is 0.416. The van der Waals surface area contributed by atoms with E-state index in [1.807, 2.05) is 12.1 Å². The van der Waals surface area contributed by atoms with Crippen LogP contribution in [0.4, 0.5) is 0 Å². The first-order chi connectivity index (χ1) is 8.19. The number of para-hydroxylation sites is 1. The maximum atomic E-state index is 11.1. The smallest absolute Gasteiger partial charge is 0.152 e. The van der Waals surface area contributed by atoms with Gasteiger partial charge in [0.2, 0.25) is 0 Å². The van der Waals surface area contributed by atoms with Crippen LogP contribution in [0.25, 0.3) is 10.9 Å². The summed E-state index contributed by atoms with van der Waals surface area (Å²) in [6.45, 7) is 1.77. The van der Waals surface area contributed by atoms with Gasteiger partial charge in [-0.15, -0.1) is 0 Å². The molecule has 4 nitrogen and oxygen atoms in total. The minimum atomic E-state index is -1.13. The largest absolute Gasteiger partial charge is 0.548 e. The number of carboxylic acid groups (broad SMARTS) is 1. The van der Waals surface area contributed by atoms with Gasteiger partial charge in [-0.3, -0.25) is 4.79 Å². The Kier molecular flexibility index (Phi) is 2.95. The summed E-state index contributed by atoms with van der Waals surface area (Å²) < 4.78 is 1.59. The standard InChI is InChI=1S/C13H13NO3/c1-2-11(13(16)17)14-7-9(8-15)10-5-3-4-6-12(10)14/h3-8,11H,2H2,1H3,(H,16,17)/p-1. The molecule has 17 heavy (non-hydrogen) atoms. The fourth-order valence-electron chi connectivity index (χ4n) is 2.06. The third-order valence-corrected chi connectivity index (χ3v) is 2.89. The number of carbonyl (C=O) groups is 2. The van der Waals surface area contributed by atoms with Crippen LogP contribution in [0, 0.1) is 0 Å². The molecule has 0 fully saturated rings. The van der Waals surface area contributed by atoms with Crippen LogP contribution in [0.2, 0.25) is 0 Å². The van der Waals surface area contributed by atoms with E-state index in [4.69, 9.17) is 0 Å². The highest BCUT2D eigenvalue weighted by atomic mass is 16.4. The van der Waals surface area contributed by atoms with E-state index in [-0.39, 0.29) is 0 Å². The molecule has 0 radical (unpaired) electrons. The first-order valence-corrected chi connectivity index (χ1v) is 5.44. The second-order valence-corrected chi connectivity index (χ2v) is 3.87. The lowest BCUT2D eigenvalue weighted by molar-refractivity contribution is -0.310. The molecule has 0 aliphatic carbocycles. The Morgan fingerprint density at radius 3 is 2.76 bits per heavy atom. The fraction of sp³-hybridized carbons (Fsp3) is 0.231. The highest BCUT2D eigenvalue weighted by molar-refractivity contribution is 5.98. The van der Waals surface area contributed by atoms with Crippen molar-refractivity contribution in [3.8, 4) is 0 Å². The van der Waals surface area contributed by atoms with Crippen LogP contribution in [0.1, 0.15) is 29.7 Å². The summed E-state index contributed by atoms with van der Waals surface area (Å²) in [4.78, 5) is 22.0. The van der Waals surface area contributed by atoms with E-state index >= 15 is 0 Å². The highest BCUT2D eigenvalue weighted by Gasteiger charge is 2.15. The van der Waals surface area contributed by atoms with Gasteiger partial charge in [0.1, 0.15) is 0 Å². The number of benzene rings is 1. The molecule has 1 atom stereocenters. The average Bonchev–Trinajstić information content (AvgIpc) is 2.69. The van der Waals surface area contributed by atoms with E-state index in [0.29, 0.717) is 12.0 Å². The molecule has 0 saturated carbocycles. The van der Waals surface area contributed by atoms with Gasteiger partial charge in [-0.25, -0.2) is 0 Å². The molecular weight excluding hydrogens is 218 g/mol. The molecule has 0 spiro atoms. The summed E-state index contributed by atoms with van der Waals surface area (Å²) in [6.07, 6.45) is 2.72. The minimum Gasteiger partial charge on any atom is -0.548 e. The number of aldehydes is 1. The predicted octanol–water partition coefficient (Wildman–Crippen LogP) is 1.15. The summed E-state index contributed by atoms with van der Waals surface area (Å²) in [5.74, 6) is -1.13. The van der Waals surface area contributed by atoms with E-state index < -0.39 is 12.0 Å². The van der Waals surface area contributed by atoms with Crippen molar-refractivity contribution in [1.82, 2.24) is 4.57 Å². The molecular formula is C13H12NO3-. The zero-order valence-corrected chi connectivity index (χ0v) is 9.42. The molecule has 1 aromatic carbocycles. The van der Waals surface area contributed by atoms with Gasteiger partial charge in [-0.1, -0.05) is 25.1 Å². The van der Waals surface area contributed by atoms with Crippen LogP contribution < -0.4 is 5.11 Å². The van der Waals surface area contributed by atoms with Crippen molar-refractivity contribution in [2.75, 3.05) is 0 Å². The van der Waals surface area contributed by atoms with Gasteiger partial charge in [0, 0.05) is 22.7 Å². The number of fused-ring (bicyclic) bond motifs is 1. The molecule has 88 valence electrons. The number of nitrogens with zero attached hydrogens (tertiary/aromatic N) is 1. The molecule has 0 bridgehead atoms. The lowest BCUT2D eigenvalue weighted by atomic mass is 10.2. The normalized spacial score (nSPS) is 12.5. The monoisotopic (exact) mass is 230 g/mol. The molecule has 0 saturated heterocycles. The van der Waals surface area contributed by atoms with E-state index in [0.717, 1.165) is 17.2 Å². The van der Waals surface area contributed by atoms with Gasteiger partial charge in [0.15, 0.2) is 6.29 Å². The Morgan fingerprint density at radius 1 is 1.47 bits per heavy atom. The van der Waals surface area contributed by atoms with Gasteiger partial charge < -0.3 is 14.5 Å². The Morgan fingerprint density at radius 2 is 2.18 bits per heavy atom. The SMILES string of the molecule is CCC(C(=O)[O-])n1cc(C=O)c2ccccc21. The summed E-state index contributed by atoms with van der Waals surface area (Å²) in [5.41, 5.74) is 1.24. The highest BCUT2D eigenvalue weighted by Crippen LogP contribution is 2.24. The third kappa shape index (κ3) is 1.82. The van der Waals surface area contributed by atoms with Gasteiger partial charge in [-0.05, 0) is 12.5 Å². The maximum absolute atomic E-state index is 11.1. The molecule has 1 aromatic heterocycles. The number of aliphatic carboxylic acids is 1. The zero-order chi connectivity index (χ0) is 12.4. The molecule has 2 rings (SSSR count). The average molecular weight is 230 g/mol. The van der Waals surface area contributed by atoms with E-state index in [1.165, 1.54) is 0 Å². The lowest BCUT2D eigenvalue weighted by Crippen LogP contribution is -2.32. The Balaban J connectivity index is 2.69. The summed E-state index contributed by atoms with van der Waals surface area (Å²) in [6, 6.07) is 6.49. The van der Waals surface area contributed by atoms with Crippen molar-refractivity contribution < 1.29 is 14.7 Å². The third-order valence-electron chi connectivity index (χ3n) is 2.89. The van der Waals surface area contributed by atoms with Crippen LogP contribution >= 0.6 is 0 Å². The summed E-state index contributed by atoms with van der Waals surface area (Å²) in [7, 11) is 0. The van der Waals surface area contributed by atoms with Crippen LogP contribution in [0.15, 0.2) is 30.5 Å². The molecule has 2 aromatic rings. The van der Waals surface area contributed by atoms with Gasteiger partial charge in [-0.2, -0.15) is 0 Å². The lowest BCUT2D eigenvalue weighted by Gasteiger charge is -2.19. The van der Waals surface area contributed by atoms with Crippen molar-refractivity contribution >= 4 is 23.2 Å². The number of aromatic nitrogens is 1. The van der Waals surface area contributed by atoms with E-state index in [9.17, 15) is 14.7 Å². The van der Waals surface area contributed by atoms with Crippen LogP contribution in [-0.2, 0) is 4.79 Å².